The molecule has 192 valence electrons. The number of esters is 1. The number of carbonyl (C=O) groups excluding carboxylic acids is 1. The van der Waals surface area contributed by atoms with Crippen molar-refractivity contribution in [2.45, 2.75) is 62.0 Å². The Hall–Kier alpha value is -2.62. The molecule has 0 aromatic heterocycles. The lowest BCUT2D eigenvalue weighted by atomic mass is 9.51. The lowest BCUT2D eigenvalue weighted by Gasteiger charge is -2.59. The van der Waals surface area contributed by atoms with Crippen LogP contribution in [-0.2, 0) is 32.4 Å². The van der Waals surface area contributed by atoms with Crippen molar-refractivity contribution in [3.63, 3.8) is 0 Å². The molecular weight excluding hydrogens is 480 g/mol. The Morgan fingerprint density at radius 2 is 2.03 bits per heavy atom. The van der Waals surface area contributed by atoms with Gasteiger partial charge in [-0.05, 0) is 50.8 Å². The van der Waals surface area contributed by atoms with Gasteiger partial charge in [0.15, 0.2) is 11.5 Å². The second-order valence-corrected chi connectivity index (χ2v) is 12.8. The van der Waals surface area contributed by atoms with Crippen LogP contribution >= 0.6 is 0 Å². The molecule has 2 fully saturated rings. The summed E-state index contributed by atoms with van der Waals surface area (Å²) in [5.41, 5.74) is 2.14. The summed E-state index contributed by atoms with van der Waals surface area (Å²) in [6.45, 7) is 2.21. The molecule has 1 N–H and O–H groups in total. The Morgan fingerprint density at radius 3 is 2.75 bits per heavy atom. The zero-order valence-corrected chi connectivity index (χ0v) is 21.6. The van der Waals surface area contributed by atoms with Crippen LogP contribution in [0.15, 0.2) is 36.4 Å². The molecule has 9 heteroatoms. The number of likely N-dealkylation sites (N-methyl/N-ethyl adjacent to an activating group) is 2. The van der Waals surface area contributed by atoms with Gasteiger partial charge < -0.3 is 19.5 Å². The fourth-order valence-electron chi connectivity index (χ4n) is 7.47. The van der Waals surface area contributed by atoms with Crippen molar-refractivity contribution >= 4 is 16.0 Å². The maximum atomic E-state index is 13.5. The number of sulfonamides is 1. The largest absolute Gasteiger partial charge is 0.504 e. The molecule has 36 heavy (non-hydrogen) atoms. The predicted octanol–water partition coefficient (Wildman–Crippen LogP) is 2.82. The molecule has 0 unspecified atom stereocenters. The number of phenolic OH excluding ortho intramolecular Hbond substituents is 1. The van der Waals surface area contributed by atoms with Crippen molar-refractivity contribution < 1.29 is 27.8 Å². The number of hydrogen-bond donors (Lipinski definition) is 1. The van der Waals surface area contributed by atoms with E-state index in [4.69, 9.17) is 9.47 Å². The standard InChI is InChI=1S/C27H32N2O6S/c1-16(30)34-23-14-22(31)25-24-18(23)13-21-19-9-10-20(26(35-25)27(19,24)11-12-28(21)2)29(3)36(32,33)15-17-7-5-4-6-8-17/h4-8,14,19-21,26,31H,9-13,15H2,1-3H3/t19-,20+,21+,26-,27-/m0/s1. The van der Waals surface area contributed by atoms with Gasteiger partial charge in [0.05, 0.1) is 11.8 Å². The Kier molecular flexibility index (Phi) is 5.41. The van der Waals surface area contributed by atoms with Crippen LogP contribution in [0.1, 0.15) is 42.9 Å². The second-order valence-electron chi connectivity index (χ2n) is 10.8. The molecule has 4 aliphatic rings. The molecule has 2 heterocycles. The highest BCUT2D eigenvalue weighted by atomic mass is 32.2. The highest BCUT2D eigenvalue weighted by molar-refractivity contribution is 7.88. The van der Waals surface area contributed by atoms with E-state index >= 15 is 0 Å². The molecule has 1 spiro atoms. The van der Waals surface area contributed by atoms with Gasteiger partial charge in [-0.15, -0.1) is 0 Å². The molecule has 2 aliphatic carbocycles. The van der Waals surface area contributed by atoms with Crippen molar-refractivity contribution in [3.05, 3.63) is 53.1 Å². The second kappa shape index (κ2) is 8.19. The topological polar surface area (TPSA) is 96.4 Å². The van der Waals surface area contributed by atoms with E-state index in [1.165, 1.54) is 17.3 Å². The van der Waals surface area contributed by atoms with Crippen LogP contribution in [0.25, 0.3) is 0 Å². The minimum atomic E-state index is -3.61. The summed E-state index contributed by atoms with van der Waals surface area (Å²) < 4.78 is 40.7. The number of phenols is 1. The molecule has 1 saturated carbocycles. The van der Waals surface area contributed by atoms with Gasteiger partial charge in [-0.25, -0.2) is 8.42 Å². The van der Waals surface area contributed by atoms with Crippen molar-refractivity contribution in [1.82, 2.24) is 9.21 Å². The Labute approximate surface area is 211 Å². The number of likely N-dealkylation sites (tertiary alicyclic amines) is 1. The quantitative estimate of drug-likeness (QED) is 0.486. The van der Waals surface area contributed by atoms with Crippen LogP contribution in [-0.4, -0.2) is 67.5 Å². The number of hydrogen-bond acceptors (Lipinski definition) is 7. The predicted molar refractivity (Wildman–Crippen MR) is 134 cm³/mol. The molecule has 0 radical (unpaired) electrons. The van der Waals surface area contributed by atoms with Crippen LogP contribution in [0.3, 0.4) is 0 Å². The van der Waals surface area contributed by atoms with Crippen molar-refractivity contribution in [2.75, 3.05) is 20.6 Å². The number of aromatic hydroxyl groups is 1. The van der Waals surface area contributed by atoms with E-state index in [2.05, 4.69) is 11.9 Å². The summed E-state index contributed by atoms with van der Waals surface area (Å²) in [5.74, 6) is 0.511. The molecule has 2 bridgehead atoms. The highest BCUT2D eigenvalue weighted by Crippen LogP contribution is 2.65. The van der Waals surface area contributed by atoms with Gasteiger partial charge in [0.2, 0.25) is 10.0 Å². The summed E-state index contributed by atoms with van der Waals surface area (Å²) >= 11 is 0. The molecular formula is C27H32N2O6S. The minimum Gasteiger partial charge on any atom is -0.504 e. The number of carbonyl (C=O) groups is 1. The third-order valence-corrected chi connectivity index (χ3v) is 10.8. The third kappa shape index (κ3) is 3.32. The number of rotatable bonds is 5. The van der Waals surface area contributed by atoms with Crippen LogP contribution < -0.4 is 9.47 Å². The monoisotopic (exact) mass is 512 g/mol. The zero-order valence-electron chi connectivity index (χ0n) is 20.8. The normalized spacial score (nSPS) is 30.6. The molecule has 2 aliphatic heterocycles. The van der Waals surface area contributed by atoms with Gasteiger partial charge in [0, 0.05) is 42.6 Å². The number of benzene rings is 2. The van der Waals surface area contributed by atoms with E-state index in [9.17, 15) is 18.3 Å². The maximum Gasteiger partial charge on any atom is 0.308 e. The van der Waals surface area contributed by atoms with Crippen molar-refractivity contribution in [2.24, 2.45) is 5.92 Å². The summed E-state index contributed by atoms with van der Waals surface area (Å²) in [7, 11) is 0.174. The fourth-order valence-corrected chi connectivity index (χ4v) is 8.92. The average Bonchev–Trinajstić information content (AvgIpc) is 3.18. The summed E-state index contributed by atoms with van der Waals surface area (Å²) in [6.07, 6.45) is 2.63. The zero-order chi connectivity index (χ0) is 25.4. The molecule has 6 rings (SSSR count). The van der Waals surface area contributed by atoms with Crippen LogP contribution in [0, 0.1) is 5.92 Å². The number of piperidine rings is 1. The van der Waals surface area contributed by atoms with E-state index in [0.29, 0.717) is 24.3 Å². The minimum absolute atomic E-state index is 0.0570. The highest BCUT2D eigenvalue weighted by Gasteiger charge is 2.67. The van der Waals surface area contributed by atoms with Crippen molar-refractivity contribution in [1.29, 1.82) is 0 Å². The first-order valence-electron chi connectivity index (χ1n) is 12.6. The Balaban J connectivity index is 1.45. The van der Waals surface area contributed by atoms with Gasteiger partial charge in [-0.1, -0.05) is 30.3 Å². The summed E-state index contributed by atoms with van der Waals surface area (Å²) in [6, 6.07) is 10.6. The van der Waals surface area contributed by atoms with Crippen molar-refractivity contribution in [3.8, 4) is 17.2 Å². The van der Waals surface area contributed by atoms with Crippen LogP contribution in [0.2, 0.25) is 0 Å². The molecule has 8 nitrogen and oxygen atoms in total. The summed E-state index contributed by atoms with van der Waals surface area (Å²) in [4.78, 5) is 14.2. The number of nitrogens with zero attached hydrogens (tertiary/aromatic N) is 2. The average molecular weight is 513 g/mol. The van der Waals surface area contributed by atoms with Gasteiger partial charge in [-0.3, -0.25) is 4.79 Å². The van der Waals surface area contributed by atoms with Gasteiger partial charge in [0.25, 0.3) is 0 Å². The van der Waals surface area contributed by atoms with Gasteiger partial charge >= 0.3 is 5.97 Å². The van der Waals surface area contributed by atoms with E-state index in [1.54, 1.807) is 7.05 Å². The van der Waals surface area contributed by atoms with E-state index in [0.717, 1.165) is 36.1 Å². The Bertz CT molecular complexity index is 1330. The van der Waals surface area contributed by atoms with Crippen LogP contribution in [0.5, 0.6) is 17.2 Å². The molecule has 1 saturated heterocycles. The number of ether oxygens (including phenoxy) is 2. The maximum absolute atomic E-state index is 13.5. The van der Waals surface area contributed by atoms with E-state index in [1.807, 2.05) is 30.3 Å². The van der Waals surface area contributed by atoms with E-state index < -0.39 is 27.5 Å². The Morgan fingerprint density at radius 1 is 1.28 bits per heavy atom. The lowest BCUT2D eigenvalue weighted by Crippen LogP contribution is -2.68. The third-order valence-electron chi connectivity index (χ3n) is 9.00. The molecule has 5 atom stereocenters. The first-order chi connectivity index (χ1) is 17.1. The summed E-state index contributed by atoms with van der Waals surface area (Å²) in [5, 5.41) is 11.0. The smallest absolute Gasteiger partial charge is 0.308 e. The first kappa shape index (κ1) is 23.8. The van der Waals surface area contributed by atoms with Gasteiger partial charge in [0.1, 0.15) is 11.9 Å². The van der Waals surface area contributed by atoms with Crippen LogP contribution in [0.4, 0.5) is 0 Å². The lowest BCUT2D eigenvalue weighted by molar-refractivity contribution is -0.132. The first-order valence-corrected chi connectivity index (χ1v) is 14.2. The molecule has 0 amide bonds. The van der Waals surface area contributed by atoms with E-state index in [-0.39, 0.29) is 29.5 Å². The molecule has 2 aromatic rings. The molecule has 2 aromatic carbocycles. The van der Waals surface area contributed by atoms with Gasteiger partial charge in [-0.2, -0.15) is 4.31 Å². The fraction of sp³-hybridized carbons (Fsp3) is 0.519. The SMILES string of the molecule is CC(=O)Oc1cc(O)c2c3c1C[C@@H]1[C@@H]4CC[C@@H](N(C)S(=O)(=O)Cc5ccccc5)[C@H](O2)[C@]34CCN1C.